The second-order valence-corrected chi connectivity index (χ2v) is 1.32. The average Bonchev–Trinajstić information content (AvgIpc) is 1.86. The van der Waals surface area contributed by atoms with E-state index in [0.717, 1.165) is 0 Å². The highest BCUT2D eigenvalue weighted by Crippen LogP contribution is 1.98. The number of hydrogen-bond donors (Lipinski definition) is 0. The topological polar surface area (TPSA) is 38.9 Å². The second kappa shape index (κ2) is 1.38. The Labute approximate surface area is 42.5 Å². The summed E-state index contributed by atoms with van der Waals surface area (Å²) in [6, 6.07) is 0. The zero-order chi connectivity index (χ0) is 4.41. The van der Waals surface area contributed by atoms with Gasteiger partial charge in [-0.2, -0.15) is 0 Å². The lowest BCUT2D eigenvalue weighted by molar-refractivity contribution is 0.517. The fourth-order valence-corrected chi connectivity index (χ4v) is 0.290. The smallest absolute Gasteiger partial charge is 0.306 e. The quantitative estimate of drug-likeness (QED) is 0.541. The van der Waals surface area contributed by atoms with E-state index in [1.807, 2.05) is 0 Å². The van der Waals surface area contributed by atoms with Gasteiger partial charge in [0.25, 0.3) is 4.80 Å². The van der Waals surface area contributed by atoms with Crippen molar-refractivity contribution < 1.29 is 4.42 Å². The lowest BCUT2D eigenvalue weighted by atomic mass is 11.5. The van der Waals surface area contributed by atoms with Gasteiger partial charge in [-0.05, 0) is 0 Å². The van der Waals surface area contributed by atoms with Crippen LogP contribution in [-0.4, -0.2) is 10.2 Å². The van der Waals surface area contributed by atoms with Gasteiger partial charge in [0.1, 0.15) is 0 Å². The summed E-state index contributed by atoms with van der Waals surface area (Å²) in [5.41, 5.74) is 0. The predicted octanol–water partition coefficient (Wildman–Crippen LogP) is 0.632. The fourth-order valence-electron chi connectivity index (χ4n) is 0.138. The molecule has 0 spiro atoms. The Morgan fingerprint density at radius 3 is 2.83 bits per heavy atom. The highest BCUT2D eigenvalue weighted by Gasteiger charge is 1.83. The van der Waals surface area contributed by atoms with Gasteiger partial charge in [0.2, 0.25) is 0 Å². The van der Waals surface area contributed by atoms with E-state index in [1.54, 1.807) is 0 Å². The van der Waals surface area contributed by atoms with Crippen molar-refractivity contribution in [2.24, 2.45) is 0 Å². The molecule has 0 aliphatic carbocycles. The van der Waals surface area contributed by atoms with Crippen molar-refractivity contribution >= 4 is 15.9 Å². The zero-order valence-corrected chi connectivity index (χ0v) is 4.27. The van der Waals surface area contributed by atoms with Crippen LogP contribution in [0.3, 0.4) is 0 Å². The summed E-state index contributed by atoms with van der Waals surface area (Å²) in [6.07, 6.45) is 2.15. The molecule has 1 rings (SSSR count). The molecular weight excluding hydrogens is 148 g/mol. The van der Waals surface area contributed by atoms with Crippen LogP contribution in [0.5, 0.6) is 0 Å². The second-order valence-electron chi connectivity index (χ2n) is 0.646. The van der Waals surface area contributed by atoms with Gasteiger partial charge in [-0.1, -0.05) is 0 Å². The highest BCUT2D eigenvalue weighted by atomic mass is 79.9. The number of hydrogen-bond acceptors (Lipinski definition) is 3. The molecule has 1 aromatic rings. The van der Waals surface area contributed by atoms with Crippen LogP contribution in [-0.2, 0) is 0 Å². The molecular formula is C2BrN2O. The maximum Gasteiger partial charge on any atom is 0.306 e. The summed E-state index contributed by atoms with van der Waals surface area (Å²) in [6.45, 7) is 0. The summed E-state index contributed by atoms with van der Waals surface area (Å²) in [4.78, 5) is 0.363. The normalized spacial score (nSPS) is 8.83. The van der Waals surface area contributed by atoms with Crippen LogP contribution in [0.15, 0.2) is 9.22 Å². The molecule has 1 heterocycles. The first kappa shape index (κ1) is 3.80. The van der Waals surface area contributed by atoms with Gasteiger partial charge in [-0.15, -0.1) is 10.2 Å². The van der Waals surface area contributed by atoms with Crippen molar-refractivity contribution in [3.05, 3.63) is 11.2 Å². The molecule has 0 aliphatic rings. The third kappa shape index (κ3) is 0.567. The minimum atomic E-state index is 0.363. The third-order valence-corrected chi connectivity index (χ3v) is 0.620. The van der Waals surface area contributed by atoms with Crippen molar-refractivity contribution in [1.29, 1.82) is 0 Å². The first-order valence-electron chi connectivity index (χ1n) is 1.24. The van der Waals surface area contributed by atoms with E-state index in [9.17, 15) is 0 Å². The summed E-state index contributed by atoms with van der Waals surface area (Å²) in [5, 5.41) is 6.59. The van der Waals surface area contributed by atoms with Gasteiger partial charge in [0.15, 0.2) is 0 Å². The van der Waals surface area contributed by atoms with Crippen LogP contribution in [0.25, 0.3) is 0 Å². The Morgan fingerprint density at radius 2 is 2.67 bits per heavy atom. The van der Waals surface area contributed by atoms with Gasteiger partial charge < -0.3 is 4.42 Å². The van der Waals surface area contributed by atoms with Gasteiger partial charge in [-0.3, -0.25) is 0 Å². The lowest BCUT2D eigenvalue weighted by Gasteiger charge is -1.59. The van der Waals surface area contributed by atoms with Crippen LogP contribution in [0, 0.1) is 6.39 Å². The van der Waals surface area contributed by atoms with Gasteiger partial charge >= 0.3 is 6.39 Å². The fraction of sp³-hybridized carbons (Fsp3) is 0. The van der Waals surface area contributed by atoms with Gasteiger partial charge in [-0.25, -0.2) is 0 Å². The first-order valence-corrected chi connectivity index (χ1v) is 2.04. The standard InChI is InChI=1S/C2BrN2O/c3-2-5-4-1-6-2. The molecule has 0 fully saturated rings. The number of rotatable bonds is 0. The van der Waals surface area contributed by atoms with E-state index in [-0.39, 0.29) is 0 Å². The predicted molar refractivity (Wildman–Crippen MR) is 20.8 cm³/mol. The molecule has 1 aromatic heterocycles. The molecule has 3 nitrogen and oxygen atoms in total. The minimum absolute atomic E-state index is 0.363. The molecule has 4 heteroatoms. The summed E-state index contributed by atoms with van der Waals surface area (Å²) in [7, 11) is 0. The Bertz CT molecular complexity index is 115. The van der Waals surface area contributed by atoms with Crippen LogP contribution >= 0.6 is 15.9 Å². The Hall–Kier alpha value is -0.380. The van der Waals surface area contributed by atoms with Crippen molar-refractivity contribution in [3.8, 4) is 0 Å². The maximum absolute atomic E-state index is 4.40. The van der Waals surface area contributed by atoms with E-state index < -0.39 is 0 Å². The number of halogens is 1. The number of aromatic nitrogens is 2. The largest absolute Gasteiger partial charge is 0.407 e. The van der Waals surface area contributed by atoms with Crippen LogP contribution in [0.1, 0.15) is 0 Å². The van der Waals surface area contributed by atoms with Crippen molar-refractivity contribution in [3.63, 3.8) is 0 Å². The molecule has 0 saturated carbocycles. The Morgan fingerprint density at radius 1 is 1.83 bits per heavy atom. The summed E-state index contributed by atoms with van der Waals surface area (Å²) in [5.74, 6) is 0. The first-order chi connectivity index (χ1) is 2.89. The molecule has 1 radical (unpaired) electrons. The molecule has 0 atom stereocenters. The zero-order valence-electron chi connectivity index (χ0n) is 2.68. The van der Waals surface area contributed by atoms with E-state index in [2.05, 4.69) is 36.9 Å². The van der Waals surface area contributed by atoms with Crippen LogP contribution < -0.4 is 0 Å². The molecule has 0 unspecified atom stereocenters. The summed E-state index contributed by atoms with van der Waals surface area (Å²) >= 11 is 2.91. The van der Waals surface area contributed by atoms with E-state index in [0.29, 0.717) is 4.80 Å². The molecule has 0 N–H and O–H groups in total. The molecule has 0 saturated heterocycles. The molecule has 0 aromatic carbocycles. The Kier molecular flexibility index (Phi) is 0.874. The number of nitrogens with zero attached hydrogens (tertiary/aromatic N) is 2. The third-order valence-electron chi connectivity index (χ3n) is 0.299. The monoisotopic (exact) mass is 147 g/mol. The van der Waals surface area contributed by atoms with Gasteiger partial charge in [0.05, 0.1) is 0 Å². The SMILES string of the molecule is Brc1nn[c]o1. The molecule has 6 heavy (non-hydrogen) atoms. The average molecular weight is 148 g/mol. The summed E-state index contributed by atoms with van der Waals surface area (Å²) < 4.78 is 4.40. The highest BCUT2D eigenvalue weighted by molar-refractivity contribution is 9.10. The van der Waals surface area contributed by atoms with E-state index >= 15 is 0 Å². The molecule has 0 aliphatic heterocycles. The molecule has 0 amide bonds. The van der Waals surface area contributed by atoms with Gasteiger partial charge in [0, 0.05) is 15.9 Å². The maximum atomic E-state index is 4.40. The molecule has 31 valence electrons. The van der Waals surface area contributed by atoms with Crippen LogP contribution in [0.4, 0.5) is 0 Å². The van der Waals surface area contributed by atoms with E-state index in [1.165, 1.54) is 0 Å². The van der Waals surface area contributed by atoms with Crippen LogP contribution in [0.2, 0.25) is 0 Å². The minimum Gasteiger partial charge on any atom is -0.407 e. The van der Waals surface area contributed by atoms with E-state index in [4.69, 9.17) is 0 Å². The van der Waals surface area contributed by atoms with Crippen molar-refractivity contribution in [1.82, 2.24) is 10.2 Å². The van der Waals surface area contributed by atoms with Crippen molar-refractivity contribution in [2.75, 3.05) is 0 Å². The Balaban J connectivity index is 3.05. The lowest BCUT2D eigenvalue weighted by Crippen LogP contribution is -1.59. The van der Waals surface area contributed by atoms with Crippen molar-refractivity contribution in [2.45, 2.75) is 0 Å². The molecule has 0 bridgehead atoms.